The van der Waals surface area contributed by atoms with Gasteiger partial charge in [0.25, 0.3) is 5.91 Å². The molecule has 1 amide bonds. The van der Waals surface area contributed by atoms with Gasteiger partial charge in [0.2, 0.25) is 0 Å². The summed E-state index contributed by atoms with van der Waals surface area (Å²) < 4.78 is 5.33. The number of carbonyl (C=O) groups is 1. The average Bonchev–Trinajstić information content (AvgIpc) is 2.73. The van der Waals surface area contributed by atoms with Gasteiger partial charge in [-0.1, -0.05) is 30.3 Å². The van der Waals surface area contributed by atoms with Crippen LogP contribution in [-0.4, -0.2) is 36.8 Å². The zero-order chi connectivity index (χ0) is 18.6. The second-order valence-electron chi connectivity index (χ2n) is 6.50. The first-order valence-corrected chi connectivity index (χ1v) is 9.09. The summed E-state index contributed by atoms with van der Waals surface area (Å²) in [5.74, 6) is 0.663. The lowest BCUT2D eigenvalue weighted by molar-refractivity contribution is 0.0950. The highest BCUT2D eigenvalue weighted by atomic mass is 16.5. The molecular formula is C22H21N3O2. The van der Waals surface area contributed by atoms with Crippen LogP contribution in [0.25, 0.3) is 10.9 Å². The second-order valence-corrected chi connectivity index (χ2v) is 6.50. The van der Waals surface area contributed by atoms with Crippen molar-refractivity contribution in [1.29, 1.82) is 0 Å². The number of rotatable bonds is 5. The zero-order valence-electron chi connectivity index (χ0n) is 15.2. The predicted molar refractivity (Wildman–Crippen MR) is 107 cm³/mol. The molecule has 1 aliphatic heterocycles. The number of aromatic nitrogens is 1. The van der Waals surface area contributed by atoms with Crippen molar-refractivity contribution in [2.75, 3.05) is 20.2 Å². The van der Waals surface area contributed by atoms with Crippen LogP contribution < -0.4 is 10.1 Å². The van der Waals surface area contributed by atoms with E-state index >= 15 is 0 Å². The molecule has 0 fully saturated rings. The van der Waals surface area contributed by atoms with Crippen LogP contribution >= 0.6 is 0 Å². The van der Waals surface area contributed by atoms with E-state index in [4.69, 9.17) is 4.74 Å². The molecule has 1 aliphatic rings. The molecule has 1 aromatic heterocycles. The summed E-state index contributed by atoms with van der Waals surface area (Å²) in [4.78, 5) is 21.5. The molecule has 0 spiro atoms. The predicted octanol–water partition coefficient (Wildman–Crippen LogP) is 3.41. The molecule has 2 heterocycles. The Kier molecular flexibility index (Phi) is 4.83. The Morgan fingerprint density at radius 3 is 2.93 bits per heavy atom. The number of hydrogen-bond acceptors (Lipinski definition) is 4. The van der Waals surface area contributed by atoms with Crippen molar-refractivity contribution in [1.82, 2.24) is 10.3 Å². The number of carbonyl (C=O) groups excluding carboxylic acids is 1. The summed E-state index contributed by atoms with van der Waals surface area (Å²) in [5, 5.41) is 3.98. The minimum absolute atomic E-state index is 0.164. The normalized spacial score (nSPS) is 13.0. The van der Waals surface area contributed by atoms with Gasteiger partial charge >= 0.3 is 0 Å². The Balaban J connectivity index is 1.42. The minimum atomic E-state index is -0.164. The van der Waals surface area contributed by atoms with Crippen LogP contribution in [0.3, 0.4) is 0 Å². The van der Waals surface area contributed by atoms with Gasteiger partial charge in [-0.3, -0.25) is 9.79 Å². The van der Waals surface area contributed by atoms with Crippen molar-refractivity contribution in [2.45, 2.75) is 12.8 Å². The molecule has 27 heavy (non-hydrogen) atoms. The molecule has 0 saturated heterocycles. The lowest BCUT2D eigenvalue weighted by atomic mass is 9.95. The topological polar surface area (TPSA) is 63.6 Å². The number of pyridine rings is 1. The number of benzene rings is 2. The van der Waals surface area contributed by atoms with E-state index in [9.17, 15) is 4.79 Å². The molecule has 0 radical (unpaired) electrons. The fourth-order valence-electron chi connectivity index (χ4n) is 3.36. The van der Waals surface area contributed by atoms with Crippen LogP contribution in [0.1, 0.15) is 28.0 Å². The van der Waals surface area contributed by atoms with Gasteiger partial charge < -0.3 is 10.1 Å². The van der Waals surface area contributed by atoms with E-state index < -0.39 is 0 Å². The SMILES string of the molecule is COc1ccc2c(c1)C(CCNC(=O)c1ccc3ccccc3n1)=NCC2. The van der Waals surface area contributed by atoms with Crippen LogP contribution in [0, 0.1) is 0 Å². The number of aliphatic imine (C=N–C) groups is 1. The number of ether oxygens (including phenoxy) is 1. The average molecular weight is 359 g/mol. The smallest absolute Gasteiger partial charge is 0.269 e. The van der Waals surface area contributed by atoms with Gasteiger partial charge in [0.1, 0.15) is 11.4 Å². The molecule has 5 heteroatoms. The first-order valence-electron chi connectivity index (χ1n) is 9.09. The quantitative estimate of drug-likeness (QED) is 0.759. The third-order valence-corrected chi connectivity index (χ3v) is 4.79. The maximum Gasteiger partial charge on any atom is 0.269 e. The maximum absolute atomic E-state index is 12.4. The van der Waals surface area contributed by atoms with E-state index in [1.54, 1.807) is 13.2 Å². The van der Waals surface area contributed by atoms with Gasteiger partial charge in [0, 0.05) is 36.2 Å². The van der Waals surface area contributed by atoms with Crippen molar-refractivity contribution >= 4 is 22.5 Å². The first-order chi connectivity index (χ1) is 13.2. The minimum Gasteiger partial charge on any atom is -0.497 e. The fourth-order valence-corrected chi connectivity index (χ4v) is 3.36. The maximum atomic E-state index is 12.4. The van der Waals surface area contributed by atoms with Crippen molar-refractivity contribution in [3.63, 3.8) is 0 Å². The molecule has 5 nitrogen and oxygen atoms in total. The molecule has 1 N–H and O–H groups in total. The monoisotopic (exact) mass is 359 g/mol. The highest BCUT2D eigenvalue weighted by molar-refractivity contribution is 6.03. The Bertz CT molecular complexity index is 1030. The molecule has 0 bridgehead atoms. The van der Waals surface area contributed by atoms with E-state index in [0.717, 1.165) is 40.9 Å². The number of para-hydroxylation sites is 1. The largest absolute Gasteiger partial charge is 0.497 e. The lowest BCUT2D eigenvalue weighted by Crippen LogP contribution is -2.28. The molecule has 0 atom stereocenters. The van der Waals surface area contributed by atoms with Crippen molar-refractivity contribution in [3.8, 4) is 5.75 Å². The van der Waals surface area contributed by atoms with Crippen LogP contribution in [-0.2, 0) is 6.42 Å². The fraction of sp³-hybridized carbons (Fsp3) is 0.227. The van der Waals surface area contributed by atoms with E-state index in [2.05, 4.69) is 21.4 Å². The molecule has 0 saturated carbocycles. The van der Waals surface area contributed by atoms with E-state index in [-0.39, 0.29) is 5.91 Å². The molecular weight excluding hydrogens is 338 g/mol. The van der Waals surface area contributed by atoms with Crippen molar-refractivity contribution < 1.29 is 9.53 Å². The van der Waals surface area contributed by atoms with Crippen LogP contribution in [0.2, 0.25) is 0 Å². The Hall–Kier alpha value is -3.21. The number of amides is 1. The highest BCUT2D eigenvalue weighted by Gasteiger charge is 2.15. The van der Waals surface area contributed by atoms with Crippen LogP contribution in [0.5, 0.6) is 5.75 Å². The number of nitrogens with one attached hydrogen (secondary N) is 1. The number of methoxy groups -OCH3 is 1. The summed E-state index contributed by atoms with van der Waals surface area (Å²) in [7, 11) is 1.66. The molecule has 4 rings (SSSR count). The van der Waals surface area contributed by atoms with Gasteiger partial charge in [-0.25, -0.2) is 4.98 Å². The van der Waals surface area contributed by atoms with Crippen LogP contribution in [0.4, 0.5) is 0 Å². The van der Waals surface area contributed by atoms with E-state index in [1.807, 2.05) is 42.5 Å². The molecule has 3 aromatic rings. The van der Waals surface area contributed by atoms with Crippen molar-refractivity contribution in [2.24, 2.45) is 4.99 Å². The summed E-state index contributed by atoms with van der Waals surface area (Å²) in [6, 6.07) is 17.6. The number of hydrogen-bond donors (Lipinski definition) is 1. The number of fused-ring (bicyclic) bond motifs is 2. The Morgan fingerprint density at radius 2 is 2.04 bits per heavy atom. The highest BCUT2D eigenvalue weighted by Crippen LogP contribution is 2.23. The van der Waals surface area contributed by atoms with Crippen LogP contribution in [0.15, 0.2) is 59.6 Å². The third kappa shape index (κ3) is 3.67. The Labute approximate surface area is 158 Å². The summed E-state index contributed by atoms with van der Waals surface area (Å²) in [6.07, 6.45) is 1.62. The number of nitrogens with zero attached hydrogens (tertiary/aromatic N) is 2. The standard InChI is InChI=1S/C22H21N3O2/c1-27-17-8-6-15-10-12-23-20(18(15)14-17)11-13-24-22(26)21-9-7-16-4-2-3-5-19(16)25-21/h2-9,14H,10-13H2,1H3,(H,24,26). The molecule has 0 aliphatic carbocycles. The zero-order valence-corrected chi connectivity index (χ0v) is 15.2. The second kappa shape index (κ2) is 7.58. The van der Waals surface area contributed by atoms with Crippen molar-refractivity contribution in [3.05, 3.63) is 71.4 Å². The van der Waals surface area contributed by atoms with Gasteiger partial charge in [-0.15, -0.1) is 0 Å². The van der Waals surface area contributed by atoms with E-state index in [1.165, 1.54) is 5.56 Å². The molecule has 2 aromatic carbocycles. The first kappa shape index (κ1) is 17.2. The summed E-state index contributed by atoms with van der Waals surface area (Å²) in [5.41, 5.74) is 4.67. The van der Waals surface area contributed by atoms with Gasteiger partial charge in [-0.05, 0) is 36.2 Å². The third-order valence-electron chi connectivity index (χ3n) is 4.79. The molecule has 0 unspecified atom stereocenters. The summed E-state index contributed by atoms with van der Waals surface area (Å²) >= 11 is 0. The van der Waals surface area contributed by atoms with Gasteiger partial charge in [0.05, 0.1) is 12.6 Å². The summed E-state index contributed by atoms with van der Waals surface area (Å²) in [6.45, 7) is 1.30. The van der Waals surface area contributed by atoms with Gasteiger partial charge in [-0.2, -0.15) is 0 Å². The Morgan fingerprint density at radius 1 is 1.15 bits per heavy atom. The lowest BCUT2D eigenvalue weighted by Gasteiger charge is -2.18. The molecule has 136 valence electrons. The van der Waals surface area contributed by atoms with Gasteiger partial charge in [0.15, 0.2) is 0 Å². The van der Waals surface area contributed by atoms with E-state index in [0.29, 0.717) is 18.7 Å².